The number of likely N-dealkylation sites (tertiary alicyclic amines) is 1. The fourth-order valence-corrected chi connectivity index (χ4v) is 3.57. The number of para-hydroxylation sites is 1. The van der Waals surface area contributed by atoms with Crippen LogP contribution in [-0.4, -0.2) is 35.4 Å². The van der Waals surface area contributed by atoms with Crippen molar-refractivity contribution in [2.24, 2.45) is 0 Å². The number of carbonyl (C=O) groups excluding carboxylic acids is 1. The first kappa shape index (κ1) is 16.7. The average molecular weight is 345 g/mol. The van der Waals surface area contributed by atoms with Gasteiger partial charge in [0.15, 0.2) is 0 Å². The first-order valence-electron chi connectivity index (χ1n) is 9.23. The lowest BCUT2D eigenvalue weighted by atomic mass is 10.1. The predicted octanol–water partition coefficient (Wildman–Crippen LogP) is 3.80. The Balaban J connectivity index is 1.56. The molecule has 26 heavy (non-hydrogen) atoms. The zero-order valence-electron chi connectivity index (χ0n) is 14.8. The maximum absolute atomic E-state index is 12.9. The zero-order valence-corrected chi connectivity index (χ0v) is 14.8. The van der Waals surface area contributed by atoms with E-state index in [-0.39, 0.29) is 11.9 Å². The molecule has 3 aromatic rings. The third-order valence-corrected chi connectivity index (χ3v) is 4.98. The Hall–Kier alpha value is -2.72. The topological polar surface area (TPSA) is 45.2 Å². The van der Waals surface area contributed by atoms with E-state index in [0.29, 0.717) is 5.69 Å². The van der Waals surface area contributed by atoms with Gasteiger partial charge in [-0.25, -0.2) is 4.98 Å². The van der Waals surface area contributed by atoms with Crippen molar-refractivity contribution >= 4 is 16.8 Å². The van der Waals surface area contributed by atoms with Gasteiger partial charge in [0.05, 0.1) is 11.6 Å². The van der Waals surface area contributed by atoms with Crippen molar-refractivity contribution in [3.8, 4) is 0 Å². The van der Waals surface area contributed by atoms with E-state index in [1.165, 1.54) is 12.8 Å². The highest BCUT2D eigenvalue weighted by molar-refractivity contribution is 5.95. The molecule has 1 atom stereocenters. The lowest BCUT2D eigenvalue weighted by molar-refractivity contribution is 0.0922. The smallest absolute Gasteiger partial charge is 0.270 e. The number of hydrogen-bond acceptors (Lipinski definition) is 3. The summed E-state index contributed by atoms with van der Waals surface area (Å²) in [5.41, 5.74) is 2.44. The molecule has 1 unspecified atom stereocenters. The molecule has 1 aromatic heterocycles. The van der Waals surface area contributed by atoms with Gasteiger partial charge in [0, 0.05) is 11.9 Å². The van der Waals surface area contributed by atoms with E-state index in [1.54, 1.807) is 6.07 Å². The second kappa shape index (κ2) is 7.67. The lowest BCUT2D eigenvalue weighted by Crippen LogP contribution is -2.37. The molecule has 4 nitrogen and oxygen atoms in total. The number of rotatable bonds is 5. The predicted molar refractivity (Wildman–Crippen MR) is 104 cm³/mol. The van der Waals surface area contributed by atoms with Gasteiger partial charge < -0.3 is 10.2 Å². The monoisotopic (exact) mass is 345 g/mol. The third-order valence-electron chi connectivity index (χ3n) is 4.98. The van der Waals surface area contributed by atoms with Gasteiger partial charge in [0.2, 0.25) is 0 Å². The van der Waals surface area contributed by atoms with Gasteiger partial charge >= 0.3 is 0 Å². The van der Waals surface area contributed by atoms with Crippen LogP contribution in [0, 0.1) is 0 Å². The first-order chi connectivity index (χ1) is 12.8. The van der Waals surface area contributed by atoms with Crippen molar-refractivity contribution in [1.29, 1.82) is 0 Å². The Morgan fingerprint density at radius 1 is 0.962 bits per heavy atom. The van der Waals surface area contributed by atoms with Gasteiger partial charge in [-0.15, -0.1) is 0 Å². The molecular weight excluding hydrogens is 322 g/mol. The highest BCUT2D eigenvalue weighted by Gasteiger charge is 2.21. The van der Waals surface area contributed by atoms with Gasteiger partial charge in [-0.2, -0.15) is 0 Å². The zero-order chi connectivity index (χ0) is 17.8. The molecule has 1 amide bonds. The fraction of sp³-hybridized carbons (Fsp3) is 0.273. The second-order valence-electron chi connectivity index (χ2n) is 6.83. The Labute approximate surface area is 153 Å². The summed E-state index contributed by atoms with van der Waals surface area (Å²) < 4.78 is 0. The number of fused-ring (bicyclic) bond motifs is 1. The van der Waals surface area contributed by atoms with E-state index in [0.717, 1.165) is 36.1 Å². The molecule has 1 saturated heterocycles. The van der Waals surface area contributed by atoms with E-state index < -0.39 is 0 Å². The van der Waals surface area contributed by atoms with Crippen LogP contribution in [0.5, 0.6) is 0 Å². The highest BCUT2D eigenvalue weighted by atomic mass is 16.1. The minimum atomic E-state index is -0.121. The van der Waals surface area contributed by atoms with Crippen LogP contribution in [0.1, 0.15) is 34.9 Å². The third kappa shape index (κ3) is 3.75. The van der Waals surface area contributed by atoms with Crippen LogP contribution in [0.25, 0.3) is 10.9 Å². The Morgan fingerprint density at radius 2 is 1.69 bits per heavy atom. The lowest BCUT2D eigenvalue weighted by Gasteiger charge is -2.25. The summed E-state index contributed by atoms with van der Waals surface area (Å²) in [6.07, 6.45) is 2.48. The molecule has 0 spiro atoms. The summed E-state index contributed by atoms with van der Waals surface area (Å²) in [5, 5.41) is 4.24. The van der Waals surface area contributed by atoms with Crippen molar-refractivity contribution < 1.29 is 4.79 Å². The second-order valence-corrected chi connectivity index (χ2v) is 6.83. The Morgan fingerprint density at radius 3 is 2.50 bits per heavy atom. The molecule has 2 heterocycles. The number of hydrogen-bond donors (Lipinski definition) is 1. The van der Waals surface area contributed by atoms with Gasteiger partial charge in [-0.05, 0) is 43.6 Å². The van der Waals surface area contributed by atoms with E-state index in [4.69, 9.17) is 0 Å². The summed E-state index contributed by atoms with van der Waals surface area (Å²) >= 11 is 0. The van der Waals surface area contributed by atoms with Crippen molar-refractivity contribution in [1.82, 2.24) is 15.2 Å². The van der Waals surface area contributed by atoms with E-state index in [2.05, 4.69) is 27.3 Å². The molecule has 0 aliphatic carbocycles. The molecule has 0 bridgehead atoms. The molecule has 1 aliphatic heterocycles. The van der Waals surface area contributed by atoms with Gasteiger partial charge in [-0.3, -0.25) is 4.79 Å². The number of nitrogens with zero attached hydrogens (tertiary/aromatic N) is 2. The summed E-state index contributed by atoms with van der Waals surface area (Å²) in [6, 6.07) is 21.8. The van der Waals surface area contributed by atoms with E-state index in [1.807, 2.05) is 48.5 Å². The molecular formula is C22H23N3O. The molecule has 1 fully saturated rings. The largest absolute Gasteiger partial charge is 0.343 e. The molecule has 132 valence electrons. The first-order valence-corrected chi connectivity index (χ1v) is 9.23. The maximum atomic E-state index is 12.9. The number of nitrogens with one attached hydrogen (secondary N) is 1. The Bertz CT molecular complexity index is 888. The van der Waals surface area contributed by atoms with Crippen LogP contribution < -0.4 is 5.32 Å². The van der Waals surface area contributed by atoms with Crippen molar-refractivity contribution in [2.45, 2.75) is 18.9 Å². The molecule has 0 saturated carbocycles. The van der Waals surface area contributed by atoms with Crippen LogP contribution in [0.15, 0.2) is 66.7 Å². The summed E-state index contributed by atoms with van der Waals surface area (Å²) in [6.45, 7) is 3.05. The molecule has 4 rings (SSSR count). The van der Waals surface area contributed by atoms with Gasteiger partial charge in [0.25, 0.3) is 5.91 Å². The number of aromatic nitrogens is 1. The maximum Gasteiger partial charge on any atom is 0.270 e. The number of carbonyl (C=O) groups is 1. The molecule has 0 radical (unpaired) electrons. The van der Waals surface area contributed by atoms with Crippen LogP contribution in [0.2, 0.25) is 0 Å². The minimum absolute atomic E-state index is 0.0323. The molecule has 1 N–H and O–H groups in total. The summed E-state index contributed by atoms with van der Waals surface area (Å²) in [7, 11) is 0. The minimum Gasteiger partial charge on any atom is -0.343 e. The van der Waals surface area contributed by atoms with E-state index >= 15 is 0 Å². The van der Waals surface area contributed by atoms with Crippen LogP contribution in [-0.2, 0) is 0 Å². The number of benzene rings is 2. The molecule has 2 aromatic carbocycles. The standard InChI is InChI=1S/C22H23N3O/c26-22(20-13-12-18-10-4-5-11-19(18)23-20)24-21(16-25-14-6-7-15-25)17-8-2-1-3-9-17/h1-5,8-13,21H,6-7,14-16H2,(H,24,26). The SMILES string of the molecule is O=C(NC(CN1CCCC1)c1ccccc1)c1ccc2ccccc2n1. The van der Waals surface area contributed by atoms with Crippen LogP contribution in [0.3, 0.4) is 0 Å². The van der Waals surface area contributed by atoms with Crippen LogP contribution in [0.4, 0.5) is 0 Å². The molecule has 4 heteroatoms. The average Bonchev–Trinajstić information content (AvgIpc) is 3.21. The number of pyridine rings is 1. The van der Waals surface area contributed by atoms with Gasteiger partial charge in [-0.1, -0.05) is 54.6 Å². The number of amides is 1. The summed E-state index contributed by atoms with van der Waals surface area (Å²) in [4.78, 5) is 19.8. The molecule has 1 aliphatic rings. The van der Waals surface area contributed by atoms with E-state index in [9.17, 15) is 4.79 Å². The van der Waals surface area contributed by atoms with Crippen molar-refractivity contribution in [2.75, 3.05) is 19.6 Å². The van der Waals surface area contributed by atoms with Crippen molar-refractivity contribution in [3.05, 3.63) is 78.0 Å². The van der Waals surface area contributed by atoms with Crippen molar-refractivity contribution in [3.63, 3.8) is 0 Å². The van der Waals surface area contributed by atoms with Crippen LogP contribution >= 0.6 is 0 Å². The van der Waals surface area contributed by atoms with Gasteiger partial charge in [0.1, 0.15) is 5.69 Å². The Kier molecular flexibility index (Phi) is 4.93. The normalized spacial score (nSPS) is 15.8. The summed E-state index contributed by atoms with van der Waals surface area (Å²) in [5.74, 6) is -0.121. The fourth-order valence-electron chi connectivity index (χ4n) is 3.57. The quantitative estimate of drug-likeness (QED) is 0.765. The highest BCUT2D eigenvalue weighted by Crippen LogP contribution is 2.19.